The lowest BCUT2D eigenvalue weighted by atomic mass is 10.0. The Morgan fingerprint density at radius 3 is 2.17 bits per heavy atom. The third kappa shape index (κ3) is 3.05. The summed E-state index contributed by atoms with van der Waals surface area (Å²) in [6, 6.07) is 28.2. The summed E-state index contributed by atoms with van der Waals surface area (Å²) in [6.07, 6.45) is 0. The topological polar surface area (TPSA) is 63.9 Å². The van der Waals surface area contributed by atoms with Crippen LogP contribution in [0, 0.1) is 0 Å². The van der Waals surface area contributed by atoms with Crippen LogP contribution in [0.1, 0.15) is 11.1 Å². The number of benzene rings is 4. The van der Waals surface area contributed by atoms with Crippen molar-refractivity contribution in [3.63, 3.8) is 0 Å². The molecule has 2 N–H and O–H groups in total. The summed E-state index contributed by atoms with van der Waals surface area (Å²) in [5.74, 6) is 1.03. The first-order valence-electron chi connectivity index (χ1n) is 9.45. The van der Waals surface area contributed by atoms with Crippen LogP contribution in [0.5, 0.6) is 0 Å². The molecule has 0 aliphatic heterocycles. The largest absolute Gasteiger partial charge is 0.456 e. The fourth-order valence-electron chi connectivity index (χ4n) is 3.63. The van der Waals surface area contributed by atoms with E-state index < -0.39 is 0 Å². The molecule has 5 aromatic rings. The molecule has 0 amide bonds. The van der Waals surface area contributed by atoms with Crippen molar-refractivity contribution in [2.75, 3.05) is 7.05 Å². The van der Waals surface area contributed by atoms with Gasteiger partial charge in [-0.2, -0.15) is 0 Å². The Bertz CT molecular complexity index is 1410. The van der Waals surface area contributed by atoms with Gasteiger partial charge in [-0.05, 0) is 41.1 Å². The Balaban J connectivity index is 1.64. The highest BCUT2D eigenvalue weighted by Crippen LogP contribution is 2.32. The molecule has 4 nitrogen and oxygen atoms in total. The highest BCUT2D eigenvalue weighted by Gasteiger charge is 2.11. The second-order valence-corrected chi connectivity index (χ2v) is 6.92. The highest BCUT2D eigenvalue weighted by atomic mass is 16.3. The zero-order chi connectivity index (χ0) is 19.8. The molecule has 0 aliphatic rings. The Morgan fingerprint density at radius 1 is 0.724 bits per heavy atom. The predicted octanol–water partition coefficient (Wildman–Crippen LogP) is 5.52. The Hall–Kier alpha value is -3.92. The number of hydrogen-bond donors (Lipinski definition) is 1. The molecule has 140 valence electrons. The molecule has 0 radical (unpaired) electrons. The van der Waals surface area contributed by atoms with E-state index in [1.54, 1.807) is 7.05 Å². The van der Waals surface area contributed by atoms with Gasteiger partial charge in [-0.1, -0.05) is 54.6 Å². The average molecular weight is 377 g/mol. The van der Waals surface area contributed by atoms with Gasteiger partial charge >= 0.3 is 0 Å². The van der Waals surface area contributed by atoms with Crippen molar-refractivity contribution in [3.05, 3.63) is 96.1 Å². The van der Waals surface area contributed by atoms with Crippen LogP contribution in [0.4, 0.5) is 0 Å². The van der Waals surface area contributed by atoms with Gasteiger partial charge in [-0.15, -0.1) is 0 Å². The van der Waals surface area contributed by atoms with Crippen molar-refractivity contribution in [3.8, 4) is 0 Å². The maximum absolute atomic E-state index is 6.20. The van der Waals surface area contributed by atoms with E-state index in [0.717, 1.165) is 38.5 Å². The molecular weight excluding hydrogens is 358 g/mol. The number of rotatable bonds is 2. The first-order chi connectivity index (χ1) is 14.2. The number of furan rings is 1. The number of hydrogen-bond acceptors (Lipinski definition) is 2. The van der Waals surface area contributed by atoms with Gasteiger partial charge in [-0.25, -0.2) is 4.99 Å². The molecule has 0 spiro atoms. The molecule has 0 bridgehead atoms. The van der Waals surface area contributed by atoms with Crippen LogP contribution in [-0.2, 0) is 0 Å². The minimum Gasteiger partial charge on any atom is -0.456 e. The molecule has 4 aromatic carbocycles. The molecule has 0 saturated carbocycles. The third-order valence-corrected chi connectivity index (χ3v) is 5.10. The predicted molar refractivity (Wildman–Crippen MR) is 121 cm³/mol. The Labute approximate surface area is 168 Å². The number of nitrogens with zero attached hydrogens (tertiary/aromatic N) is 2. The molecule has 29 heavy (non-hydrogen) atoms. The summed E-state index contributed by atoms with van der Waals surface area (Å²) >= 11 is 0. The van der Waals surface area contributed by atoms with Gasteiger partial charge in [-0.3, -0.25) is 4.99 Å². The minimum absolute atomic E-state index is 0.439. The SMILES string of the molecule is CN=C(N=C(N)c1ccccc1)c1ccc2oc3cc4ccccc4cc3c2c1. The van der Waals surface area contributed by atoms with Crippen LogP contribution < -0.4 is 5.73 Å². The van der Waals surface area contributed by atoms with E-state index in [9.17, 15) is 0 Å². The van der Waals surface area contributed by atoms with Crippen molar-refractivity contribution >= 4 is 44.4 Å². The van der Waals surface area contributed by atoms with E-state index >= 15 is 0 Å². The van der Waals surface area contributed by atoms with Crippen molar-refractivity contribution in [2.45, 2.75) is 0 Å². The van der Waals surface area contributed by atoms with Crippen LogP contribution in [-0.4, -0.2) is 18.7 Å². The van der Waals surface area contributed by atoms with Crippen molar-refractivity contribution < 1.29 is 4.42 Å². The molecular formula is C25H19N3O. The third-order valence-electron chi connectivity index (χ3n) is 5.10. The van der Waals surface area contributed by atoms with Gasteiger partial charge in [0.1, 0.15) is 17.0 Å². The fourth-order valence-corrected chi connectivity index (χ4v) is 3.63. The molecule has 1 aromatic heterocycles. The van der Waals surface area contributed by atoms with E-state index in [1.165, 1.54) is 5.39 Å². The second kappa shape index (κ2) is 6.91. The number of aliphatic imine (C=N–C) groups is 2. The lowest BCUT2D eigenvalue weighted by molar-refractivity contribution is 0.669. The zero-order valence-corrected chi connectivity index (χ0v) is 16.0. The van der Waals surface area contributed by atoms with Crippen LogP contribution in [0.15, 0.2) is 99.3 Å². The van der Waals surface area contributed by atoms with Crippen LogP contribution in [0.2, 0.25) is 0 Å². The van der Waals surface area contributed by atoms with Gasteiger partial charge in [0, 0.05) is 28.9 Å². The standard InChI is InChI=1S/C25H19N3O/c1-27-25(28-24(26)16-7-3-2-4-8-16)19-11-12-22-20(14-19)21-13-17-9-5-6-10-18(17)15-23(21)29-22/h2-15H,1H3,(H2,26,27,28). The maximum atomic E-state index is 6.20. The van der Waals surface area contributed by atoms with E-state index in [4.69, 9.17) is 10.2 Å². The summed E-state index contributed by atoms with van der Waals surface area (Å²) in [4.78, 5) is 8.93. The van der Waals surface area contributed by atoms with Crippen LogP contribution >= 0.6 is 0 Å². The van der Waals surface area contributed by atoms with Gasteiger partial charge in [0.2, 0.25) is 0 Å². The van der Waals surface area contributed by atoms with Gasteiger partial charge in [0.15, 0.2) is 5.84 Å². The van der Waals surface area contributed by atoms with E-state index in [0.29, 0.717) is 11.7 Å². The Morgan fingerprint density at radius 2 is 1.41 bits per heavy atom. The summed E-state index contributed by atoms with van der Waals surface area (Å²) in [5.41, 5.74) is 9.69. The number of amidine groups is 2. The van der Waals surface area contributed by atoms with Crippen molar-refractivity contribution in [2.24, 2.45) is 15.7 Å². The lowest BCUT2D eigenvalue weighted by Gasteiger charge is -2.04. The van der Waals surface area contributed by atoms with Crippen LogP contribution in [0.25, 0.3) is 32.7 Å². The molecule has 0 atom stereocenters. The maximum Gasteiger partial charge on any atom is 0.156 e. The number of fused-ring (bicyclic) bond motifs is 4. The summed E-state index contributed by atoms with van der Waals surface area (Å²) in [6.45, 7) is 0. The second-order valence-electron chi connectivity index (χ2n) is 6.92. The lowest BCUT2D eigenvalue weighted by Crippen LogP contribution is -2.16. The van der Waals surface area contributed by atoms with Gasteiger partial charge < -0.3 is 10.2 Å². The molecule has 4 heteroatoms. The van der Waals surface area contributed by atoms with Gasteiger partial charge in [0.05, 0.1) is 0 Å². The molecule has 0 unspecified atom stereocenters. The number of nitrogens with two attached hydrogens (primary N) is 1. The summed E-state index contributed by atoms with van der Waals surface area (Å²) < 4.78 is 6.08. The first-order valence-corrected chi connectivity index (χ1v) is 9.45. The first kappa shape index (κ1) is 17.2. The van der Waals surface area contributed by atoms with E-state index in [1.807, 2.05) is 54.6 Å². The van der Waals surface area contributed by atoms with Crippen molar-refractivity contribution in [1.82, 2.24) is 0 Å². The summed E-state index contributed by atoms with van der Waals surface area (Å²) in [7, 11) is 1.72. The molecule has 1 heterocycles. The molecule has 0 fully saturated rings. The van der Waals surface area contributed by atoms with Crippen LogP contribution in [0.3, 0.4) is 0 Å². The molecule has 0 aliphatic carbocycles. The highest BCUT2D eigenvalue weighted by molar-refractivity contribution is 6.15. The average Bonchev–Trinajstić information content (AvgIpc) is 3.13. The molecule has 5 rings (SSSR count). The van der Waals surface area contributed by atoms with E-state index in [2.05, 4.69) is 40.3 Å². The monoisotopic (exact) mass is 377 g/mol. The van der Waals surface area contributed by atoms with Gasteiger partial charge in [0.25, 0.3) is 0 Å². The Kier molecular flexibility index (Phi) is 4.10. The fraction of sp³-hybridized carbons (Fsp3) is 0.0400. The van der Waals surface area contributed by atoms with Crippen molar-refractivity contribution in [1.29, 1.82) is 0 Å². The summed E-state index contributed by atoms with van der Waals surface area (Å²) in [5, 5.41) is 4.47. The molecule has 0 saturated heterocycles. The normalized spacial score (nSPS) is 12.9. The van der Waals surface area contributed by atoms with E-state index in [-0.39, 0.29) is 0 Å². The smallest absolute Gasteiger partial charge is 0.156 e. The quantitative estimate of drug-likeness (QED) is 0.325. The minimum atomic E-state index is 0.439. The zero-order valence-electron chi connectivity index (χ0n) is 16.0.